The van der Waals surface area contributed by atoms with Crippen LogP contribution in [0.1, 0.15) is 26.7 Å². The number of amides is 2. The molecule has 4 fully saturated rings. The van der Waals surface area contributed by atoms with Gasteiger partial charge in [0.15, 0.2) is 9.84 Å². The number of hydrogen-bond acceptors (Lipinski definition) is 7. The number of sulfone groups is 2. The van der Waals surface area contributed by atoms with Crippen molar-refractivity contribution in [3.63, 3.8) is 0 Å². The Morgan fingerprint density at radius 1 is 1.06 bits per heavy atom. The summed E-state index contributed by atoms with van der Waals surface area (Å²) in [4.78, 5) is 21.5. The van der Waals surface area contributed by atoms with E-state index in [0.29, 0.717) is 32.0 Å². The molecule has 1 aromatic carbocycles. The van der Waals surface area contributed by atoms with E-state index >= 15 is 0 Å². The number of rotatable bonds is 6. The summed E-state index contributed by atoms with van der Waals surface area (Å²) < 4.78 is 46.5. The number of urea groups is 1. The number of piperidine rings is 1. The van der Waals surface area contributed by atoms with Crippen LogP contribution >= 0.6 is 0 Å². The number of anilines is 2. The van der Waals surface area contributed by atoms with Gasteiger partial charge >= 0.3 is 6.03 Å². The number of carbonyl (C=O) groups excluding carboxylic acids is 1. The molecule has 202 valence electrons. The second-order valence-electron chi connectivity index (χ2n) is 11.5. The van der Waals surface area contributed by atoms with Crippen LogP contribution in [0.2, 0.25) is 0 Å². The van der Waals surface area contributed by atoms with Gasteiger partial charge in [-0.05, 0) is 48.4 Å². The van der Waals surface area contributed by atoms with Crippen LogP contribution < -0.4 is 9.80 Å². The molecular weight excluding hydrogens is 500 g/mol. The zero-order valence-corrected chi connectivity index (χ0v) is 23.5. The lowest BCUT2D eigenvalue weighted by Crippen LogP contribution is -2.55. The van der Waals surface area contributed by atoms with Crippen molar-refractivity contribution in [2.75, 3.05) is 79.6 Å². The van der Waals surface area contributed by atoms with E-state index in [1.54, 1.807) is 4.90 Å². The molecule has 0 spiro atoms. The van der Waals surface area contributed by atoms with Crippen LogP contribution in [0.15, 0.2) is 24.3 Å². The molecule has 0 radical (unpaired) electrons. The number of benzene rings is 1. The fourth-order valence-electron chi connectivity index (χ4n) is 5.97. The Morgan fingerprint density at radius 2 is 1.69 bits per heavy atom. The van der Waals surface area contributed by atoms with E-state index in [1.165, 1.54) is 6.26 Å². The molecule has 2 unspecified atom stereocenters. The zero-order chi connectivity index (χ0) is 26.3. The molecule has 4 heterocycles. The standard InChI is InChI=1S/C25H40N4O5S2/c1-25(2)16-20-17-28(24(30)27-11-14-36(33,34)15-12-27)19-23(25)29(18-20)22-8-6-21(7-9-22)26(3)10-5-13-35(4,31)32/h6-9,20,23H,5,10-19H2,1-4H3. The summed E-state index contributed by atoms with van der Waals surface area (Å²) in [7, 11) is -4.01. The summed E-state index contributed by atoms with van der Waals surface area (Å²) in [6.45, 7) is 7.99. The molecule has 36 heavy (non-hydrogen) atoms. The summed E-state index contributed by atoms with van der Waals surface area (Å²) in [5, 5.41) is 0. The summed E-state index contributed by atoms with van der Waals surface area (Å²) in [5.74, 6) is 0.622. The minimum Gasteiger partial charge on any atom is -0.375 e. The van der Waals surface area contributed by atoms with Gasteiger partial charge in [-0.1, -0.05) is 13.8 Å². The van der Waals surface area contributed by atoms with Gasteiger partial charge in [0.25, 0.3) is 0 Å². The molecule has 2 amide bonds. The molecule has 4 aliphatic rings. The molecule has 0 aromatic heterocycles. The Labute approximate surface area is 216 Å². The van der Waals surface area contributed by atoms with Gasteiger partial charge in [-0.15, -0.1) is 0 Å². The first-order valence-electron chi connectivity index (χ1n) is 12.7. The van der Waals surface area contributed by atoms with E-state index in [-0.39, 0.29) is 47.8 Å². The maximum absolute atomic E-state index is 13.4. The number of fused-ring (bicyclic) bond motifs is 4. The van der Waals surface area contributed by atoms with E-state index in [4.69, 9.17) is 0 Å². The van der Waals surface area contributed by atoms with Gasteiger partial charge in [-0.25, -0.2) is 21.6 Å². The van der Waals surface area contributed by atoms with Crippen molar-refractivity contribution in [1.82, 2.24) is 9.80 Å². The lowest BCUT2D eigenvalue weighted by molar-refractivity contribution is 0.153. The quantitative estimate of drug-likeness (QED) is 0.544. The van der Waals surface area contributed by atoms with Crippen molar-refractivity contribution < 1.29 is 21.6 Å². The lowest BCUT2D eigenvalue weighted by atomic mass is 9.73. The van der Waals surface area contributed by atoms with Crippen LogP contribution in [-0.4, -0.2) is 109 Å². The predicted octanol–water partition coefficient (Wildman–Crippen LogP) is 1.94. The molecule has 11 heteroatoms. The average molecular weight is 541 g/mol. The summed E-state index contributed by atoms with van der Waals surface area (Å²) in [5.41, 5.74) is 2.21. The van der Waals surface area contributed by atoms with Crippen LogP contribution in [0.3, 0.4) is 0 Å². The molecule has 0 saturated carbocycles. The van der Waals surface area contributed by atoms with Crippen molar-refractivity contribution in [3.8, 4) is 0 Å². The first-order chi connectivity index (χ1) is 16.7. The molecular formula is C25H40N4O5S2. The van der Waals surface area contributed by atoms with Crippen LogP contribution in [-0.2, 0) is 19.7 Å². The van der Waals surface area contributed by atoms with Gasteiger partial charge in [-0.2, -0.15) is 0 Å². The molecule has 2 atom stereocenters. The number of nitrogens with zero attached hydrogens (tertiary/aromatic N) is 4. The molecule has 1 aromatic rings. The van der Waals surface area contributed by atoms with Crippen LogP contribution in [0, 0.1) is 11.3 Å². The Balaban J connectivity index is 1.46. The van der Waals surface area contributed by atoms with Gasteiger partial charge in [0.05, 0.1) is 23.3 Å². The van der Waals surface area contributed by atoms with Gasteiger partial charge in [0.2, 0.25) is 0 Å². The lowest BCUT2D eigenvalue weighted by Gasteiger charge is -2.48. The van der Waals surface area contributed by atoms with Crippen LogP contribution in [0.5, 0.6) is 0 Å². The Kier molecular flexibility index (Phi) is 7.54. The highest BCUT2D eigenvalue weighted by Gasteiger charge is 2.47. The molecule has 9 nitrogen and oxygen atoms in total. The number of carbonyl (C=O) groups is 1. The topological polar surface area (TPSA) is 98.3 Å². The highest BCUT2D eigenvalue weighted by atomic mass is 32.2. The SMILES string of the molecule is CN(CCCS(C)(=O)=O)c1ccc(N2CC3CN(C(=O)N4CCS(=O)(=O)CC4)CC2C(C)(C)C3)cc1. The minimum atomic E-state index is -3.03. The van der Waals surface area contributed by atoms with E-state index in [9.17, 15) is 21.6 Å². The normalized spacial score (nSPS) is 25.5. The van der Waals surface area contributed by atoms with Crippen molar-refractivity contribution in [3.05, 3.63) is 24.3 Å². The average Bonchev–Trinajstić information content (AvgIpc) is 3.05. The third-order valence-electron chi connectivity index (χ3n) is 7.94. The van der Waals surface area contributed by atoms with E-state index in [1.807, 2.05) is 11.9 Å². The van der Waals surface area contributed by atoms with Crippen molar-refractivity contribution in [1.29, 1.82) is 0 Å². The fraction of sp³-hybridized carbons (Fsp3) is 0.720. The van der Waals surface area contributed by atoms with Gasteiger partial charge in [0.1, 0.15) is 9.84 Å². The first kappa shape index (κ1) is 27.0. The Bertz CT molecular complexity index is 1150. The monoisotopic (exact) mass is 540 g/mol. The molecule has 0 N–H and O–H groups in total. The Morgan fingerprint density at radius 3 is 2.31 bits per heavy atom. The third kappa shape index (κ3) is 6.27. The van der Waals surface area contributed by atoms with Crippen LogP contribution in [0.25, 0.3) is 0 Å². The van der Waals surface area contributed by atoms with Crippen LogP contribution in [0.4, 0.5) is 16.2 Å². The highest BCUT2D eigenvalue weighted by molar-refractivity contribution is 7.91. The summed E-state index contributed by atoms with van der Waals surface area (Å²) >= 11 is 0. The predicted molar refractivity (Wildman–Crippen MR) is 144 cm³/mol. The van der Waals surface area contributed by atoms with Gasteiger partial charge < -0.3 is 19.6 Å². The highest BCUT2D eigenvalue weighted by Crippen LogP contribution is 2.43. The maximum Gasteiger partial charge on any atom is 0.320 e. The summed E-state index contributed by atoms with van der Waals surface area (Å²) in [6.07, 6.45) is 2.91. The molecule has 4 saturated heterocycles. The fourth-order valence-corrected chi connectivity index (χ4v) is 7.83. The van der Waals surface area contributed by atoms with Crippen molar-refractivity contribution in [2.24, 2.45) is 11.3 Å². The number of hydrogen-bond donors (Lipinski definition) is 0. The van der Waals surface area contributed by atoms with E-state index < -0.39 is 19.7 Å². The second-order valence-corrected chi connectivity index (χ2v) is 16.0. The van der Waals surface area contributed by atoms with E-state index in [2.05, 4.69) is 47.9 Å². The van der Waals surface area contributed by atoms with Gasteiger partial charge in [-0.3, -0.25) is 0 Å². The molecule has 0 aliphatic carbocycles. The third-order valence-corrected chi connectivity index (χ3v) is 10.6. The molecule has 5 rings (SSSR count). The maximum atomic E-state index is 13.4. The van der Waals surface area contributed by atoms with Gasteiger partial charge in [0, 0.05) is 63.9 Å². The minimum absolute atomic E-state index is 0.0320. The molecule has 4 aliphatic heterocycles. The summed E-state index contributed by atoms with van der Waals surface area (Å²) in [6, 6.07) is 8.54. The van der Waals surface area contributed by atoms with E-state index in [0.717, 1.165) is 24.3 Å². The van der Waals surface area contributed by atoms with Crippen molar-refractivity contribution in [2.45, 2.75) is 32.7 Å². The Hall–Kier alpha value is -2.01. The second kappa shape index (κ2) is 10.0. The molecule has 2 bridgehead atoms. The smallest absolute Gasteiger partial charge is 0.320 e. The zero-order valence-electron chi connectivity index (χ0n) is 21.9. The largest absolute Gasteiger partial charge is 0.375 e. The first-order valence-corrected chi connectivity index (χ1v) is 16.6. The van der Waals surface area contributed by atoms with Crippen molar-refractivity contribution >= 4 is 37.1 Å².